The van der Waals surface area contributed by atoms with Crippen molar-refractivity contribution >= 4 is 40.1 Å². The van der Waals surface area contributed by atoms with Crippen molar-refractivity contribution < 1.29 is 9.21 Å². The number of nitrogens with one attached hydrogen (secondary N) is 1. The summed E-state index contributed by atoms with van der Waals surface area (Å²) in [4.78, 5) is 17.1. The van der Waals surface area contributed by atoms with Crippen molar-refractivity contribution in [1.29, 1.82) is 0 Å². The topological polar surface area (TPSA) is 55.1 Å². The van der Waals surface area contributed by atoms with Crippen molar-refractivity contribution in [2.45, 2.75) is 6.42 Å². The van der Waals surface area contributed by atoms with Crippen LogP contribution in [0.3, 0.4) is 0 Å². The summed E-state index contributed by atoms with van der Waals surface area (Å²) in [6.07, 6.45) is 7.07. The zero-order chi connectivity index (χ0) is 16.1. The Kier molecular flexibility index (Phi) is 4.90. The third-order valence-corrected chi connectivity index (χ3v) is 4.14. The standard InChI is InChI=1S/C17H13ClN2O2S/c18-13-4-1-3-12(9-13)10-15-11-19-17(23-15)20-16(21)7-6-14-5-2-8-22-14/h1-9,11H,10H2,(H,19,20,21)/b7-6+. The first-order valence-electron chi connectivity index (χ1n) is 6.91. The van der Waals surface area contributed by atoms with Crippen molar-refractivity contribution in [3.05, 3.63) is 76.2 Å². The predicted octanol–water partition coefficient (Wildman–Crippen LogP) is 4.63. The van der Waals surface area contributed by atoms with Gasteiger partial charge in [0.1, 0.15) is 5.76 Å². The van der Waals surface area contributed by atoms with Crippen LogP contribution in [0.5, 0.6) is 0 Å². The number of hydrogen-bond donors (Lipinski definition) is 1. The molecule has 0 atom stereocenters. The number of thiazole rings is 1. The van der Waals surface area contributed by atoms with Crippen LogP contribution < -0.4 is 5.32 Å². The zero-order valence-corrected chi connectivity index (χ0v) is 13.6. The molecule has 0 aliphatic heterocycles. The Morgan fingerprint density at radius 3 is 3.04 bits per heavy atom. The SMILES string of the molecule is O=C(/C=C/c1ccco1)Nc1ncc(Cc2cccc(Cl)c2)s1. The van der Waals surface area contributed by atoms with E-state index < -0.39 is 0 Å². The van der Waals surface area contributed by atoms with Gasteiger partial charge in [0.05, 0.1) is 6.26 Å². The average Bonchev–Trinajstić information content (AvgIpc) is 3.17. The summed E-state index contributed by atoms with van der Waals surface area (Å²) in [5.74, 6) is 0.381. The summed E-state index contributed by atoms with van der Waals surface area (Å²) in [6, 6.07) is 11.2. The predicted molar refractivity (Wildman–Crippen MR) is 92.7 cm³/mol. The van der Waals surface area contributed by atoms with Crippen LogP contribution >= 0.6 is 22.9 Å². The van der Waals surface area contributed by atoms with Gasteiger partial charge < -0.3 is 4.42 Å². The van der Waals surface area contributed by atoms with Gasteiger partial charge in [0.15, 0.2) is 5.13 Å². The molecule has 0 spiro atoms. The summed E-state index contributed by atoms with van der Waals surface area (Å²) < 4.78 is 5.12. The smallest absolute Gasteiger partial charge is 0.250 e. The van der Waals surface area contributed by atoms with Crippen molar-refractivity contribution in [2.24, 2.45) is 0 Å². The van der Waals surface area contributed by atoms with E-state index in [0.717, 1.165) is 16.9 Å². The average molecular weight is 345 g/mol. The minimum Gasteiger partial charge on any atom is -0.465 e. The first-order chi connectivity index (χ1) is 11.2. The van der Waals surface area contributed by atoms with Gasteiger partial charge in [-0.2, -0.15) is 0 Å². The van der Waals surface area contributed by atoms with Crippen LogP contribution in [0.25, 0.3) is 6.08 Å². The van der Waals surface area contributed by atoms with Crippen LogP contribution in [-0.4, -0.2) is 10.9 Å². The highest BCUT2D eigenvalue weighted by Gasteiger charge is 2.06. The lowest BCUT2D eigenvalue weighted by molar-refractivity contribution is -0.111. The fourth-order valence-electron chi connectivity index (χ4n) is 1.99. The second kappa shape index (κ2) is 7.26. The van der Waals surface area contributed by atoms with E-state index in [-0.39, 0.29) is 5.91 Å². The van der Waals surface area contributed by atoms with Crippen LogP contribution in [-0.2, 0) is 11.2 Å². The summed E-state index contributed by atoms with van der Waals surface area (Å²) in [7, 11) is 0. The lowest BCUT2D eigenvalue weighted by atomic mass is 10.1. The van der Waals surface area contributed by atoms with E-state index in [9.17, 15) is 4.79 Å². The number of carbonyl (C=O) groups excluding carboxylic acids is 1. The number of halogens is 1. The molecule has 0 fully saturated rings. The van der Waals surface area contributed by atoms with E-state index in [1.165, 1.54) is 17.4 Å². The molecule has 0 saturated heterocycles. The second-order valence-corrected chi connectivity index (χ2v) is 6.33. The Balaban J connectivity index is 1.59. The van der Waals surface area contributed by atoms with Gasteiger partial charge in [-0.05, 0) is 35.9 Å². The van der Waals surface area contributed by atoms with Gasteiger partial charge in [-0.25, -0.2) is 4.98 Å². The number of benzene rings is 1. The molecule has 0 aliphatic rings. The van der Waals surface area contributed by atoms with E-state index in [2.05, 4.69) is 10.3 Å². The summed E-state index contributed by atoms with van der Waals surface area (Å²) in [5, 5.41) is 4.01. The van der Waals surface area contributed by atoms with Gasteiger partial charge in [-0.3, -0.25) is 10.1 Å². The number of anilines is 1. The molecule has 0 unspecified atom stereocenters. The first-order valence-corrected chi connectivity index (χ1v) is 8.10. The molecule has 1 N–H and O–H groups in total. The van der Waals surface area contributed by atoms with Gasteiger partial charge >= 0.3 is 0 Å². The number of amides is 1. The molecule has 4 nitrogen and oxygen atoms in total. The van der Waals surface area contributed by atoms with Crippen molar-refractivity contribution in [1.82, 2.24) is 4.98 Å². The molecule has 0 radical (unpaired) electrons. The van der Waals surface area contributed by atoms with E-state index in [4.69, 9.17) is 16.0 Å². The fourth-order valence-corrected chi connectivity index (χ4v) is 3.05. The Morgan fingerprint density at radius 2 is 2.26 bits per heavy atom. The van der Waals surface area contributed by atoms with Gasteiger partial charge in [-0.1, -0.05) is 23.7 Å². The molecule has 6 heteroatoms. The fraction of sp³-hybridized carbons (Fsp3) is 0.0588. The van der Waals surface area contributed by atoms with Gasteiger partial charge in [-0.15, -0.1) is 11.3 Å². The lowest BCUT2D eigenvalue weighted by Crippen LogP contribution is -2.06. The van der Waals surface area contributed by atoms with Gasteiger partial charge in [0, 0.05) is 28.6 Å². The summed E-state index contributed by atoms with van der Waals surface area (Å²) in [5.41, 5.74) is 1.11. The van der Waals surface area contributed by atoms with Crippen LogP contribution in [0.1, 0.15) is 16.2 Å². The van der Waals surface area contributed by atoms with E-state index in [1.54, 1.807) is 30.7 Å². The van der Waals surface area contributed by atoms with Gasteiger partial charge in [0.25, 0.3) is 0 Å². The molecule has 116 valence electrons. The Bertz CT molecular complexity index is 825. The second-order valence-electron chi connectivity index (χ2n) is 4.78. The van der Waals surface area contributed by atoms with E-state index in [1.807, 2.05) is 24.3 Å². The molecule has 1 amide bonds. The Hall–Kier alpha value is -2.37. The minimum atomic E-state index is -0.245. The largest absolute Gasteiger partial charge is 0.465 e. The lowest BCUT2D eigenvalue weighted by Gasteiger charge is -1.98. The molecular weight excluding hydrogens is 332 g/mol. The first kappa shape index (κ1) is 15.5. The number of rotatable bonds is 5. The summed E-state index contributed by atoms with van der Waals surface area (Å²) >= 11 is 7.42. The number of carbonyl (C=O) groups is 1. The number of nitrogens with zero attached hydrogens (tertiary/aromatic N) is 1. The van der Waals surface area contributed by atoms with Crippen molar-refractivity contribution in [3.63, 3.8) is 0 Å². The minimum absolute atomic E-state index is 0.245. The highest BCUT2D eigenvalue weighted by Crippen LogP contribution is 2.22. The maximum absolute atomic E-state index is 11.8. The molecule has 2 heterocycles. The molecule has 2 aromatic heterocycles. The third kappa shape index (κ3) is 4.55. The van der Waals surface area contributed by atoms with E-state index in [0.29, 0.717) is 15.9 Å². The normalized spacial score (nSPS) is 11.0. The van der Waals surface area contributed by atoms with Gasteiger partial charge in [0.2, 0.25) is 5.91 Å². The van der Waals surface area contributed by atoms with Crippen molar-refractivity contribution in [2.75, 3.05) is 5.32 Å². The molecule has 0 aliphatic carbocycles. The number of furan rings is 1. The zero-order valence-electron chi connectivity index (χ0n) is 12.0. The molecule has 0 bridgehead atoms. The summed E-state index contributed by atoms with van der Waals surface area (Å²) in [6.45, 7) is 0. The maximum atomic E-state index is 11.8. The molecule has 0 saturated carbocycles. The molecule has 3 rings (SSSR count). The molecular formula is C17H13ClN2O2S. The molecule has 3 aromatic rings. The number of hydrogen-bond acceptors (Lipinski definition) is 4. The highest BCUT2D eigenvalue weighted by atomic mass is 35.5. The monoisotopic (exact) mass is 344 g/mol. The maximum Gasteiger partial charge on any atom is 0.250 e. The molecule has 1 aromatic carbocycles. The molecule has 23 heavy (non-hydrogen) atoms. The van der Waals surface area contributed by atoms with Crippen molar-refractivity contribution in [3.8, 4) is 0 Å². The highest BCUT2D eigenvalue weighted by molar-refractivity contribution is 7.15. The van der Waals surface area contributed by atoms with Crippen LogP contribution in [0.4, 0.5) is 5.13 Å². The van der Waals surface area contributed by atoms with Crippen LogP contribution in [0, 0.1) is 0 Å². The number of aromatic nitrogens is 1. The van der Waals surface area contributed by atoms with Crippen LogP contribution in [0.15, 0.2) is 59.4 Å². The van der Waals surface area contributed by atoms with Crippen LogP contribution in [0.2, 0.25) is 5.02 Å². The quantitative estimate of drug-likeness (QED) is 0.686. The third-order valence-electron chi connectivity index (χ3n) is 2.99. The Morgan fingerprint density at radius 1 is 1.35 bits per heavy atom. The Labute approximate surface area is 142 Å². The van der Waals surface area contributed by atoms with E-state index >= 15 is 0 Å².